The zero-order valence-electron chi connectivity index (χ0n) is 7.10. The van der Waals surface area contributed by atoms with Gasteiger partial charge in [0, 0.05) is 12.2 Å². The Kier molecular flexibility index (Phi) is 1.74. The monoisotopic (exact) mass is 190 g/mol. The van der Waals surface area contributed by atoms with E-state index in [1.165, 1.54) is 6.26 Å². The molecule has 0 aromatic rings. The Morgan fingerprint density at radius 1 is 1.25 bits per heavy atom. The van der Waals surface area contributed by atoms with E-state index in [-0.39, 0.29) is 17.3 Å². The van der Waals surface area contributed by atoms with Crippen molar-refractivity contribution in [2.24, 2.45) is 11.8 Å². The number of fused-ring (bicyclic) bond motifs is 2. The molecule has 2 fully saturated rings. The zero-order chi connectivity index (χ0) is 8.93. The highest BCUT2D eigenvalue weighted by Crippen LogP contribution is 2.47. The van der Waals surface area contributed by atoms with Gasteiger partial charge in [-0.15, -0.1) is 0 Å². The highest BCUT2D eigenvalue weighted by Gasteiger charge is 2.49. The molecular formula is C8H14O3S. The van der Waals surface area contributed by atoms with Crippen LogP contribution in [0, 0.1) is 11.8 Å². The largest absolute Gasteiger partial charge is 0.393 e. The summed E-state index contributed by atoms with van der Waals surface area (Å²) in [4.78, 5) is 0. The lowest BCUT2D eigenvalue weighted by atomic mass is 9.97. The van der Waals surface area contributed by atoms with Gasteiger partial charge in [0.25, 0.3) is 0 Å². The molecule has 4 atom stereocenters. The van der Waals surface area contributed by atoms with Crippen LogP contribution >= 0.6 is 0 Å². The Hall–Kier alpha value is -0.0900. The molecule has 1 N–H and O–H groups in total. The van der Waals surface area contributed by atoms with Gasteiger partial charge in [0.1, 0.15) is 0 Å². The van der Waals surface area contributed by atoms with Crippen LogP contribution < -0.4 is 0 Å². The van der Waals surface area contributed by atoms with E-state index in [1.54, 1.807) is 0 Å². The highest BCUT2D eigenvalue weighted by atomic mass is 32.2. The normalized spacial score (nSPS) is 46.8. The fraction of sp³-hybridized carbons (Fsp3) is 1.00. The molecule has 0 unspecified atom stereocenters. The fourth-order valence-corrected chi connectivity index (χ4v) is 4.29. The number of hydrogen-bond acceptors (Lipinski definition) is 3. The van der Waals surface area contributed by atoms with E-state index in [1.807, 2.05) is 0 Å². The molecule has 0 radical (unpaired) electrons. The number of aliphatic hydroxyl groups excluding tert-OH is 1. The first-order valence-electron chi connectivity index (χ1n) is 4.35. The maximum absolute atomic E-state index is 11.3. The Labute approximate surface area is 72.7 Å². The van der Waals surface area contributed by atoms with Crippen LogP contribution in [-0.2, 0) is 9.84 Å². The summed E-state index contributed by atoms with van der Waals surface area (Å²) < 4.78 is 22.5. The minimum atomic E-state index is -2.93. The van der Waals surface area contributed by atoms with Gasteiger partial charge in [0.15, 0.2) is 9.84 Å². The summed E-state index contributed by atoms with van der Waals surface area (Å²) in [6, 6.07) is 0. The van der Waals surface area contributed by atoms with Crippen LogP contribution in [0.5, 0.6) is 0 Å². The van der Waals surface area contributed by atoms with Crippen LogP contribution in [0.1, 0.15) is 19.3 Å². The fourth-order valence-electron chi connectivity index (χ4n) is 2.74. The van der Waals surface area contributed by atoms with Gasteiger partial charge in [-0.05, 0) is 25.2 Å². The van der Waals surface area contributed by atoms with E-state index in [9.17, 15) is 13.5 Å². The number of sulfone groups is 1. The summed E-state index contributed by atoms with van der Waals surface area (Å²) >= 11 is 0. The van der Waals surface area contributed by atoms with Crippen molar-refractivity contribution < 1.29 is 13.5 Å². The Morgan fingerprint density at radius 2 is 1.92 bits per heavy atom. The molecule has 70 valence electrons. The Bertz CT molecular complexity index is 283. The number of aliphatic hydroxyl groups is 1. The first-order chi connectivity index (χ1) is 5.48. The zero-order valence-corrected chi connectivity index (χ0v) is 7.92. The van der Waals surface area contributed by atoms with E-state index in [0.717, 1.165) is 19.3 Å². The maximum Gasteiger partial charge on any atom is 0.150 e. The first-order valence-corrected chi connectivity index (χ1v) is 6.31. The second kappa shape index (κ2) is 2.45. The van der Waals surface area contributed by atoms with Gasteiger partial charge in [-0.2, -0.15) is 0 Å². The molecule has 2 aliphatic rings. The lowest BCUT2D eigenvalue weighted by Crippen LogP contribution is -2.34. The maximum atomic E-state index is 11.3. The summed E-state index contributed by atoms with van der Waals surface area (Å²) in [7, 11) is -2.93. The average molecular weight is 190 g/mol. The molecule has 2 rings (SSSR count). The summed E-state index contributed by atoms with van der Waals surface area (Å²) in [5.41, 5.74) is 0. The molecule has 0 heterocycles. The third-order valence-electron chi connectivity index (χ3n) is 3.27. The van der Waals surface area contributed by atoms with Crippen molar-refractivity contribution in [2.75, 3.05) is 6.26 Å². The number of hydrogen-bond donors (Lipinski definition) is 1. The molecule has 0 aromatic heterocycles. The van der Waals surface area contributed by atoms with Crippen molar-refractivity contribution >= 4 is 9.84 Å². The molecule has 2 bridgehead atoms. The number of rotatable bonds is 1. The summed E-state index contributed by atoms with van der Waals surface area (Å²) in [5.74, 6) is 0.495. The summed E-state index contributed by atoms with van der Waals surface area (Å²) in [6.45, 7) is 0. The third-order valence-corrected chi connectivity index (χ3v) is 4.91. The van der Waals surface area contributed by atoms with Crippen LogP contribution in [0.4, 0.5) is 0 Å². The molecule has 0 saturated heterocycles. The molecule has 4 heteroatoms. The van der Waals surface area contributed by atoms with Gasteiger partial charge < -0.3 is 5.11 Å². The van der Waals surface area contributed by atoms with E-state index in [0.29, 0.717) is 5.92 Å². The SMILES string of the molecule is CS(=O)(=O)[C@H]1C[C@@H]2C[C@H]1[C@@H](O)C2. The molecule has 12 heavy (non-hydrogen) atoms. The molecule has 3 nitrogen and oxygen atoms in total. The van der Waals surface area contributed by atoms with E-state index < -0.39 is 9.84 Å². The molecule has 0 aliphatic heterocycles. The third kappa shape index (κ3) is 1.17. The van der Waals surface area contributed by atoms with E-state index in [4.69, 9.17) is 0 Å². The van der Waals surface area contributed by atoms with Crippen molar-refractivity contribution in [3.8, 4) is 0 Å². The molecule has 0 spiro atoms. The van der Waals surface area contributed by atoms with Crippen molar-refractivity contribution in [2.45, 2.75) is 30.6 Å². The second-order valence-corrected chi connectivity index (χ2v) is 6.44. The lowest BCUT2D eigenvalue weighted by Gasteiger charge is -2.24. The molecule has 2 saturated carbocycles. The standard InChI is InChI=1S/C8H14O3S/c1-12(10,11)8-4-5-2-6(8)7(9)3-5/h5-9H,2-4H2,1H3/t5-,6+,7+,8+/m1/s1. The molecule has 0 amide bonds. The average Bonchev–Trinajstić information content (AvgIpc) is 2.41. The quantitative estimate of drug-likeness (QED) is 0.642. The first kappa shape index (κ1) is 8.51. The predicted molar refractivity (Wildman–Crippen MR) is 45.5 cm³/mol. The van der Waals surface area contributed by atoms with E-state index >= 15 is 0 Å². The van der Waals surface area contributed by atoms with Crippen molar-refractivity contribution in [3.63, 3.8) is 0 Å². The van der Waals surface area contributed by atoms with Gasteiger partial charge in [0.05, 0.1) is 11.4 Å². The van der Waals surface area contributed by atoms with Crippen molar-refractivity contribution in [1.82, 2.24) is 0 Å². The van der Waals surface area contributed by atoms with Gasteiger partial charge in [-0.1, -0.05) is 0 Å². The lowest BCUT2D eigenvalue weighted by molar-refractivity contribution is 0.115. The smallest absolute Gasteiger partial charge is 0.150 e. The van der Waals surface area contributed by atoms with Crippen LogP contribution in [0.3, 0.4) is 0 Å². The predicted octanol–water partition coefficient (Wildman–Crippen LogP) is 0.190. The van der Waals surface area contributed by atoms with Crippen molar-refractivity contribution in [3.05, 3.63) is 0 Å². The van der Waals surface area contributed by atoms with Gasteiger partial charge in [-0.25, -0.2) is 8.42 Å². The summed E-state index contributed by atoms with van der Waals surface area (Å²) in [5, 5.41) is 9.23. The van der Waals surface area contributed by atoms with Crippen LogP contribution in [0.25, 0.3) is 0 Å². The van der Waals surface area contributed by atoms with Crippen LogP contribution in [0.2, 0.25) is 0 Å². The molecule has 0 aromatic carbocycles. The molecular weight excluding hydrogens is 176 g/mol. The van der Waals surface area contributed by atoms with Gasteiger partial charge in [0.2, 0.25) is 0 Å². The van der Waals surface area contributed by atoms with E-state index in [2.05, 4.69) is 0 Å². The van der Waals surface area contributed by atoms with Gasteiger partial charge >= 0.3 is 0 Å². The molecule has 2 aliphatic carbocycles. The van der Waals surface area contributed by atoms with Crippen LogP contribution in [0.15, 0.2) is 0 Å². The van der Waals surface area contributed by atoms with Gasteiger partial charge in [-0.3, -0.25) is 0 Å². The second-order valence-electron chi connectivity index (χ2n) is 4.17. The summed E-state index contributed by atoms with van der Waals surface area (Å²) in [6.07, 6.45) is 3.44. The highest BCUT2D eigenvalue weighted by molar-refractivity contribution is 7.91. The van der Waals surface area contributed by atoms with Crippen molar-refractivity contribution in [1.29, 1.82) is 0 Å². The Balaban J connectivity index is 2.23. The topological polar surface area (TPSA) is 54.4 Å². The Morgan fingerprint density at radius 3 is 2.25 bits per heavy atom. The van der Waals surface area contributed by atoms with Crippen LogP contribution in [-0.4, -0.2) is 31.1 Å². The minimum absolute atomic E-state index is 0.0324. The minimum Gasteiger partial charge on any atom is -0.393 e.